The molecule has 0 rings (SSSR count). The van der Waals surface area contributed by atoms with Crippen molar-refractivity contribution in [2.75, 3.05) is 7.05 Å². The minimum absolute atomic E-state index is 1.34. The SMILES string of the molecule is CCCCC.C[NH3+]. The van der Waals surface area contributed by atoms with Gasteiger partial charge in [0.1, 0.15) is 0 Å². The molecule has 0 unspecified atom stereocenters. The molecule has 0 aromatic heterocycles. The highest BCUT2D eigenvalue weighted by Gasteiger charge is 1.68. The number of hydrogen-bond acceptors (Lipinski definition) is 0. The van der Waals surface area contributed by atoms with E-state index in [1.54, 1.807) is 7.05 Å². The van der Waals surface area contributed by atoms with E-state index >= 15 is 0 Å². The Kier molecular flexibility index (Phi) is 24.0. The van der Waals surface area contributed by atoms with Crippen LogP contribution in [0.2, 0.25) is 0 Å². The lowest BCUT2D eigenvalue weighted by Crippen LogP contribution is -2.40. The first-order valence-corrected chi connectivity index (χ1v) is 3.12. The maximum absolute atomic E-state index is 3.25. The van der Waals surface area contributed by atoms with Crippen LogP contribution in [0.1, 0.15) is 33.1 Å². The second kappa shape index (κ2) is 16.7. The second-order valence-corrected chi connectivity index (χ2v) is 1.35. The number of quaternary nitrogens is 1. The van der Waals surface area contributed by atoms with E-state index in [9.17, 15) is 0 Å². The molecule has 0 fully saturated rings. The lowest BCUT2D eigenvalue weighted by Gasteiger charge is -1.79. The molecule has 0 aromatic carbocycles. The normalized spacial score (nSPS) is 6.86. The van der Waals surface area contributed by atoms with E-state index < -0.39 is 0 Å². The van der Waals surface area contributed by atoms with Crippen molar-refractivity contribution in [1.29, 1.82) is 0 Å². The Hall–Kier alpha value is -0.0400. The molecule has 0 spiro atoms. The average molecular weight is 104 g/mol. The van der Waals surface area contributed by atoms with Crippen molar-refractivity contribution in [2.45, 2.75) is 33.1 Å². The lowest BCUT2D eigenvalue weighted by atomic mass is 10.3. The van der Waals surface area contributed by atoms with Crippen LogP contribution in [0.4, 0.5) is 0 Å². The summed E-state index contributed by atoms with van der Waals surface area (Å²) in [5, 5.41) is 0. The van der Waals surface area contributed by atoms with E-state index in [2.05, 4.69) is 19.6 Å². The number of unbranched alkanes of at least 4 members (excludes halogenated alkanes) is 2. The Bertz CT molecular complexity index is 11.7. The van der Waals surface area contributed by atoms with Gasteiger partial charge in [-0.25, -0.2) is 0 Å². The maximum Gasteiger partial charge on any atom is 0.0634 e. The van der Waals surface area contributed by atoms with Gasteiger partial charge >= 0.3 is 0 Å². The van der Waals surface area contributed by atoms with E-state index in [1.165, 1.54) is 19.3 Å². The van der Waals surface area contributed by atoms with E-state index in [0.717, 1.165) is 0 Å². The number of hydrogen-bond donors (Lipinski definition) is 1. The van der Waals surface area contributed by atoms with Crippen molar-refractivity contribution >= 4 is 0 Å². The molecule has 0 aliphatic carbocycles. The zero-order chi connectivity index (χ0) is 6.12. The van der Waals surface area contributed by atoms with Crippen molar-refractivity contribution in [2.24, 2.45) is 0 Å². The fourth-order valence-corrected chi connectivity index (χ4v) is 0.354. The zero-order valence-electron chi connectivity index (χ0n) is 5.83. The topological polar surface area (TPSA) is 27.6 Å². The summed E-state index contributed by atoms with van der Waals surface area (Å²) >= 11 is 0. The van der Waals surface area contributed by atoms with Gasteiger partial charge in [-0.2, -0.15) is 0 Å². The van der Waals surface area contributed by atoms with Gasteiger partial charge in [-0.1, -0.05) is 33.1 Å². The molecular weight excluding hydrogens is 86.1 g/mol. The third kappa shape index (κ3) is 24.3. The zero-order valence-corrected chi connectivity index (χ0v) is 5.83. The second-order valence-electron chi connectivity index (χ2n) is 1.35. The van der Waals surface area contributed by atoms with Crippen molar-refractivity contribution < 1.29 is 5.73 Å². The van der Waals surface area contributed by atoms with E-state index in [-0.39, 0.29) is 0 Å². The van der Waals surface area contributed by atoms with Crippen LogP contribution in [0.25, 0.3) is 0 Å². The van der Waals surface area contributed by atoms with Gasteiger partial charge in [0.25, 0.3) is 0 Å². The van der Waals surface area contributed by atoms with Gasteiger partial charge in [0.05, 0.1) is 7.05 Å². The maximum atomic E-state index is 3.25. The smallest absolute Gasteiger partial charge is 0.0634 e. The van der Waals surface area contributed by atoms with Crippen molar-refractivity contribution in [3.63, 3.8) is 0 Å². The summed E-state index contributed by atoms with van der Waals surface area (Å²) < 4.78 is 0. The Morgan fingerprint density at radius 3 is 1.29 bits per heavy atom. The molecule has 0 atom stereocenters. The minimum atomic E-state index is 1.34. The van der Waals surface area contributed by atoms with Crippen LogP contribution in [0.3, 0.4) is 0 Å². The molecule has 0 aliphatic rings. The van der Waals surface area contributed by atoms with Crippen LogP contribution in [0, 0.1) is 0 Å². The molecule has 1 nitrogen and oxygen atoms in total. The van der Waals surface area contributed by atoms with Gasteiger partial charge in [0.2, 0.25) is 0 Å². The van der Waals surface area contributed by atoms with Crippen LogP contribution in [0.5, 0.6) is 0 Å². The molecule has 7 heavy (non-hydrogen) atoms. The van der Waals surface area contributed by atoms with Crippen molar-refractivity contribution in [1.82, 2.24) is 0 Å². The standard InChI is InChI=1S/C5H12.CH5N/c1-3-5-4-2;1-2/h3-5H2,1-2H3;2H2,1H3/p+1. The van der Waals surface area contributed by atoms with Gasteiger partial charge in [0, 0.05) is 0 Å². The summed E-state index contributed by atoms with van der Waals surface area (Å²) in [5.74, 6) is 0. The van der Waals surface area contributed by atoms with Gasteiger partial charge < -0.3 is 5.73 Å². The molecule has 0 bridgehead atoms. The number of rotatable bonds is 2. The molecule has 0 aliphatic heterocycles. The molecule has 3 N–H and O–H groups in total. The highest BCUT2D eigenvalue weighted by Crippen LogP contribution is 1.88. The summed E-state index contributed by atoms with van der Waals surface area (Å²) in [7, 11) is 1.75. The highest BCUT2D eigenvalue weighted by molar-refractivity contribution is 4.24. The van der Waals surface area contributed by atoms with Crippen LogP contribution in [0.15, 0.2) is 0 Å². The molecule has 0 radical (unpaired) electrons. The summed E-state index contributed by atoms with van der Waals surface area (Å²) in [4.78, 5) is 0. The van der Waals surface area contributed by atoms with Gasteiger partial charge in [-0.3, -0.25) is 0 Å². The predicted molar refractivity (Wildman–Crippen MR) is 34.0 cm³/mol. The Morgan fingerprint density at radius 2 is 1.29 bits per heavy atom. The first-order valence-electron chi connectivity index (χ1n) is 3.12. The third-order valence-electron chi connectivity index (χ3n) is 0.707. The summed E-state index contributed by atoms with van der Waals surface area (Å²) in [6.45, 7) is 4.42. The Morgan fingerprint density at radius 1 is 1.00 bits per heavy atom. The van der Waals surface area contributed by atoms with Gasteiger partial charge in [-0.15, -0.1) is 0 Å². The summed E-state index contributed by atoms with van der Waals surface area (Å²) in [6.07, 6.45) is 4.08. The first kappa shape index (κ1) is 10.0. The molecule has 1 heteroatoms. The Labute approximate surface area is 46.9 Å². The fraction of sp³-hybridized carbons (Fsp3) is 1.00. The molecule has 46 valence electrons. The van der Waals surface area contributed by atoms with E-state index in [4.69, 9.17) is 0 Å². The first-order chi connectivity index (χ1) is 3.41. The lowest BCUT2D eigenvalue weighted by molar-refractivity contribution is -0.325. The monoisotopic (exact) mass is 104 g/mol. The van der Waals surface area contributed by atoms with Crippen LogP contribution in [-0.2, 0) is 0 Å². The Balaban J connectivity index is 0. The van der Waals surface area contributed by atoms with Gasteiger partial charge in [0.15, 0.2) is 0 Å². The molecule has 0 saturated heterocycles. The van der Waals surface area contributed by atoms with Crippen molar-refractivity contribution in [3.8, 4) is 0 Å². The predicted octanol–water partition coefficient (Wildman–Crippen LogP) is 1.05. The molecule has 0 saturated carbocycles. The van der Waals surface area contributed by atoms with Crippen LogP contribution >= 0.6 is 0 Å². The van der Waals surface area contributed by atoms with Crippen molar-refractivity contribution in [3.05, 3.63) is 0 Å². The van der Waals surface area contributed by atoms with Crippen LogP contribution < -0.4 is 5.73 Å². The van der Waals surface area contributed by atoms with E-state index in [1.807, 2.05) is 0 Å². The third-order valence-corrected chi connectivity index (χ3v) is 0.707. The molecule has 0 heterocycles. The van der Waals surface area contributed by atoms with Crippen LogP contribution in [-0.4, -0.2) is 7.05 Å². The summed E-state index contributed by atoms with van der Waals surface area (Å²) in [6, 6.07) is 0. The average Bonchev–Trinajstić information content (AvgIpc) is 1.75. The van der Waals surface area contributed by atoms with Gasteiger partial charge in [-0.05, 0) is 0 Å². The summed E-state index contributed by atoms with van der Waals surface area (Å²) in [5.41, 5.74) is 3.25. The largest absolute Gasteiger partial charge is 0.360 e. The molecule has 0 aromatic rings. The quantitative estimate of drug-likeness (QED) is 0.542. The van der Waals surface area contributed by atoms with E-state index in [0.29, 0.717) is 0 Å². The fourth-order valence-electron chi connectivity index (χ4n) is 0.354. The highest BCUT2D eigenvalue weighted by atomic mass is 14.4. The minimum Gasteiger partial charge on any atom is -0.360 e. The molecule has 0 amide bonds. The molecular formula is C6H18N+.